The predicted molar refractivity (Wildman–Crippen MR) is 73.6 cm³/mol. The summed E-state index contributed by atoms with van der Waals surface area (Å²) in [5, 5.41) is 9.07. The first-order valence-electron chi connectivity index (χ1n) is 6.77. The summed E-state index contributed by atoms with van der Waals surface area (Å²) in [6.07, 6.45) is 3.32. The molecule has 0 radical (unpaired) electrons. The molecule has 0 aromatic heterocycles. The molecule has 0 bridgehead atoms. The number of carbonyl (C=O) groups is 2. The lowest BCUT2D eigenvalue weighted by Crippen LogP contribution is -2.44. The van der Waals surface area contributed by atoms with Gasteiger partial charge in [0, 0.05) is 13.0 Å². The van der Waals surface area contributed by atoms with Crippen LogP contribution in [0.4, 0.5) is 0 Å². The molecule has 1 unspecified atom stereocenters. The Labute approximate surface area is 110 Å². The van der Waals surface area contributed by atoms with Crippen LogP contribution in [-0.2, 0) is 9.59 Å². The minimum atomic E-state index is -0.140. The van der Waals surface area contributed by atoms with Gasteiger partial charge in [0.05, 0.1) is 6.04 Å². The molecule has 0 saturated heterocycles. The highest BCUT2D eigenvalue weighted by Crippen LogP contribution is 2.01. The zero-order valence-electron chi connectivity index (χ0n) is 11.8. The molecular weight excluding hydrogens is 230 g/mol. The van der Waals surface area contributed by atoms with Crippen LogP contribution >= 0.6 is 0 Å². The summed E-state index contributed by atoms with van der Waals surface area (Å²) in [6.45, 7) is 5.71. The Morgan fingerprint density at radius 3 is 2.44 bits per heavy atom. The van der Waals surface area contributed by atoms with Crippen LogP contribution in [0.1, 0.15) is 39.5 Å². The smallest absolute Gasteiger partial charge is 0.237 e. The number of Topliss-reactive ketones (excluding diaryl/α,β-unsaturated/α-hetero) is 1. The van der Waals surface area contributed by atoms with E-state index in [1.54, 1.807) is 0 Å². The normalized spacial score (nSPS) is 12.2. The third-order valence-corrected chi connectivity index (χ3v) is 2.71. The number of ketones is 1. The van der Waals surface area contributed by atoms with Gasteiger partial charge in [-0.3, -0.25) is 9.59 Å². The molecule has 5 nitrogen and oxygen atoms in total. The first-order chi connectivity index (χ1) is 8.61. The van der Waals surface area contributed by atoms with Crippen molar-refractivity contribution in [3.8, 4) is 0 Å². The lowest BCUT2D eigenvalue weighted by Gasteiger charge is -2.17. The minimum Gasteiger partial charge on any atom is -0.354 e. The van der Waals surface area contributed by atoms with Crippen LogP contribution in [-0.4, -0.2) is 44.4 Å². The van der Waals surface area contributed by atoms with Crippen molar-refractivity contribution < 1.29 is 9.59 Å². The molecule has 0 saturated carbocycles. The first kappa shape index (κ1) is 17.1. The number of unbranched alkanes of at least 4 members (excludes halogenated alkanes) is 1. The molecule has 0 heterocycles. The third-order valence-electron chi connectivity index (χ3n) is 2.71. The largest absolute Gasteiger partial charge is 0.354 e. The summed E-state index contributed by atoms with van der Waals surface area (Å²) in [5.74, 6) is 0.104. The van der Waals surface area contributed by atoms with Gasteiger partial charge in [-0.15, -0.1) is 0 Å². The number of nitrogens with one attached hydrogen (secondary N) is 3. The average Bonchev–Trinajstić information content (AvgIpc) is 2.32. The van der Waals surface area contributed by atoms with Crippen molar-refractivity contribution in [1.82, 2.24) is 16.0 Å². The zero-order chi connectivity index (χ0) is 13.8. The van der Waals surface area contributed by atoms with Gasteiger partial charge in [0.25, 0.3) is 0 Å². The Morgan fingerprint density at radius 1 is 1.17 bits per heavy atom. The maximum Gasteiger partial charge on any atom is 0.237 e. The monoisotopic (exact) mass is 257 g/mol. The van der Waals surface area contributed by atoms with Crippen LogP contribution in [0.15, 0.2) is 0 Å². The highest BCUT2D eigenvalue weighted by atomic mass is 16.2. The number of hydrogen-bond donors (Lipinski definition) is 3. The third kappa shape index (κ3) is 9.13. The van der Waals surface area contributed by atoms with E-state index in [2.05, 4.69) is 16.0 Å². The molecule has 0 aliphatic carbocycles. The Hall–Kier alpha value is -0.940. The van der Waals surface area contributed by atoms with Gasteiger partial charge in [0.1, 0.15) is 5.78 Å². The van der Waals surface area contributed by atoms with Gasteiger partial charge in [0.2, 0.25) is 5.91 Å². The maximum atomic E-state index is 11.9. The fourth-order valence-electron chi connectivity index (χ4n) is 1.71. The quantitative estimate of drug-likeness (QED) is 0.470. The van der Waals surface area contributed by atoms with E-state index in [1.165, 1.54) is 6.92 Å². The Bertz CT molecular complexity index is 244. The molecule has 0 aromatic rings. The number of rotatable bonds is 11. The Balaban J connectivity index is 3.90. The van der Waals surface area contributed by atoms with Crippen LogP contribution < -0.4 is 16.0 Å². The molecule has 0 aliphatic rings. The molecule has 1 amide bonds. The molecule has 18 heavy (non-hydrogen) atoms. The summed E-state index contributed by atoms with van der Waals surface area (Å²) in [6, 6.07) is -0.140. The van der Waals surface area contributed by atoms with Crippen LogP contribution in [0.25, 0.3) is 0 Å². The molecule has 0 spiro atoms. The Kier molecular flexibility index (Phi) is 10.6. The van der Waals surface area contributed by atoms with E-state index in [9.17, 15) is 9.59 Å². The summed E-state index contributed by atoms with van der Waals surface area (Å²) < 4.78 is 0. The van der Waals surface area contributed by atoms with Crippen LogP contribution in [0, 0.1) is 0 Å². The van der Waals surface area contributed by atoms with Crippen molar-refractivity contribution in [1.29, 1.82) is 0 Å². The number of hydrogen-bond acceptors (Lipinski definition) is 4. The second-order valence-electron chi connectivity index (χ2n) is 4.45. The fraction of sp³-hybridized carbons (Fsp3) is 0.846. The Morgan fingerprint density at radius 2 is 1.89 bits per heavy atom. The molecule has 0 aliphatic heterocycles. The summed E-state index contributed by atoms with van der Waals surface area (Å²) in [7, 11) is 1.93. The molecule has 1 atom stereocenters. The van der Waals surface area contributed by atoms with Crippen molar-refractivity contribution in [2.24, 2.45) is 0 Å². The van der Waals surface area contributed by atoms with E-state index in [0.717, 1.165) is 32.4 Å². The van der Waals surface area contributed by atoms with Gasteiger partial charge in [-0.05, 0) is 39.9 Å². The molecule has 0 fully saturated rings. The second-order valence-corrected chi connectivity index (χ2v) is 4.45. The van der Waals surface area contributed by atoms with Crippen molar-refractivity contribution in [3.63, 3.8) is 0 Å². The van der Waals surface area contributed by atoms with Crippen molar-refractivity contribution >= 4 is 11.7 Å². The molecule has 106 valence electrons. The molecule has 0 aromatic carbocycles. The van der Waals surface area contributed by atoms with Gasteiger partial charge in [-0.2, -0.15) is 0 Å². The highest BCUT2D eigenvalue weighted by molar-refractivity contribution is 5.82. The second kappa shape index (κ2) is 11.2. The van der Waals surface area contributed by atoms with Gasteiger partial charge in [-0.25, -0.2) is 0 Å². The van der Waals surface area contributed by atoms with E-state index in [0.29, 0.717) is 13.0 Å². The SMILES string of the molecule is CCNC(CCCCNC)C(=O)NCCC(C)=O. The van der Waals surface area contributed by atoms with Crippen molar-refractivity contribution in [3.05, 3.63) is 0 Å². The highest BCUT2D eigenvalue weighted by Gasteiger charge is 2.16. The predicted octanol–water partition coefficient (Wildman–Crippen LogP) is 0.450. The van der Waals surface area contributed by atoms with E-state index in [4.69, 9.17) is 0 Å². The number of carbonyl (C=O) groups excluding carboxylic acids is 2. The molecule has 3 N–H and O–H groups in total. The lowest BCUT2D eigenvalue weighted by molar-refractivity contribution is -0.123. The van der Waals surface area contributed by atoms with E-state index >= 15 is 0 Å². The number of likely N-dealkylation sites (N-methyl/N-ethyl adjacent to an activating group) is 1. The van der Waals surface area contributed by atoms with E-state index in [1.807, 2.05) is 14.0 Å². The molecular formula is C13H27N3O2. The van der Waals surface area contributed by atoms with Crippen LogP contribution in [0.3, 0.4) is 0 Å². The van der Waals surface area contributed by atoms with Gasteiger partial charge < -0.3 is 16.0 Å². The lowest BCUT2D eigenvalue weighted by atomic mass is 10.1. The zero-order valence-corrected chi connectivity index (χ0v) is 11.8. The average molecular weight is 257 g/mol. The van der Waals surface area contributed by atoms with E-state index in [-0.39, 0.29) is 17.7 Å². The summed E-state index contributed by atoms with van der Waals surface area (Å²) in [5.41, 5.74) is 0. The van der Waals surface area contributed by atoms with Crippen molar-refractivity contribution in [2.45, 2.75) is 45.6 Å². The summed E-state index contributed by atoms with van der Waals surface area (Å²) in [4.78, 5) is 22.7. The molecule has 5 heteroatoms. The maximum absolute atomic E-state index is 11.9. The van der Waals surface area contributed by atoms with Gasteiger partial charge in [-0.1, -0.05) is 13.3 Å². The van der Waals surface area contributed by atoms with Crippen molar-refractivity contribution in [2.75, 3.05) is 26.7 Å². The fourth-order valence-corrected chi connectivity index (χ4v) is 1.71. The summed E-state index contributed by atoms with van der Waals surface area (Å²) >= 11 is 0. The topological polar surface area (TPSA) is 70.2 Å². The van der Waals surface area contributed by atoms with Gasteiger partial charge >= 0.3 is 0 Å². The minimum absolute atomic E-state index is 0.00237. The number of amides is 1. The van der Waals surface area contributed by atoms with Crippen LogP contribution in [0.5, 0.6) is 0 Å². The first-order valence-corrected chi connectivity index (χ1v) is 6.77. The van der Waals surface area contributed by atoms with Crippen LogP contribution in [0.2, 0.25) is 0 Å². The molecule has 0 rings (SSSR count). The van der Waals surface area contributed by atoms with Gasteiger partial charge in [0.15, 0.2) is 0 Å². The van der Waals surface area contributed by atoms with E-state index < -0.39 is 0 Å². The standard InChI is InChI=1S/C13H27N3O2/c1-4-15-12(7-5-6-9-14-3)13(18)16-10-8-11(2)17/h12,14-15H,4-10H2,1-3H3,(H,16,18).